The fourth-order valence-electron chi connectivity index (χ4n) is 1.34. The zero-order valence-electron chi connectivity index (χ0n) is 9.73. The maximum Gasteiger partial charge on any atom is 0.450 e. The Morgan fingerprint density at radius 2 is 2.05 bits per heavy atom. The van der Waals surface area contributed by atoms with Gasteiger partial charge in [-0.05, 0) is 19.1 Å². The van der Waals surface area contributed by atoms with Gasteiger partial charge in [-0.15, -0.1) is 0 Å². The van der Waals surface area contributed by atoms with Crippen molar-refractivity contribution in [3.8, 4) is 11.5 Å². The molecule has 0 N–H and O–H groups in total. The Morgan fingerprint density at radius 3 is 2.68 bits per heavy atom. The molecule has 8 heteroatoms. The van der Waals surface area contributed by atoms with Crippen LogP contribution in [0.1, 0.15) is 11.6 Å². The normalized spacial score (nSPS) is 11.6. The summed E-state index contributed by atoms with van der Waals surface area (Å²) in [4.78, 5) is 18.6. The van der Waals surface area contributed by atoms with Gasteiger partial charge >= 0.3 is 6.18 Å². The predicted octanol–water partition coefficient (Wildman–Crippen LogP) is 2.11. The van der Waals surface area contributed by atoms with Gasteiger partial charge < -0.3 is 4.52 Å². The zero-order chi connectivity index (χ0) is 14.0. The minimum Gasteiger partial charge on any atom is -0.338 e. The molecule has 0 aromatic carbocycles. The molecule has 0 amide bonds. The molecular weight excluding hydrogens is 263 g/mol. The first-order valence-corrected chi connectivity index (χ1v) is 5.23. The minimum atomic E-state index is -4.91. The van der Waals surface area contributed by atoms with E-state index < -0.39 is 18.4 Å². The first-order chi connectivity index (χ1) is 8.86. The fourth-order valence-corrected chi connectivity index (χ4v) is 1.34. The van der Waals surface area contributed by atoms with Crippen LogP contribution in [0.15, 0.2) is 22.7 Å². The van der Waals surface area contributed by atoms with Crippen LogP contribution in [0.2, 0.25) is 0 Å². The number of aryl methyl sites for hydroxylation is 1. The number of ketones is 1. The quantitative estimate of drug-likeness (QED) is 0.855. The van der Waals surface area contributed by atoms with E-state index in [0.29, 0.717) is 11.4 Å². The molecule has 0 aliphatic rings. The molecule has 0 saturated heterocycles. The van der Waals surface area contributed by atoms with E-state index in [1.165, 1.54) is 0 Å². The van der Waals surface area contributed by atoms with Crippen LogP contribution in [-0.4, -0.2) is 27.1 Å². The average molecular weight is 271 g/mol. The second kappa shape index (κ2) is 4.79. The highest BCUT2D eigenvalue weighted by Gasteiger charge is 2.39. The lowest BCUT2D eigenvalue weighted by atomic mass is 10.3. The van der Waals surface area contributed by atoms with Gasteiger partial charge in [0.15, 0.2) is 0 Å². The van der Waals surface area contributed by atoms with Gasteiger partial charge in [0.05, 0.1) is 6.42 Å². The molecule has 2 aromatic heterocycles. The molecule has 2 rings (SSSR count). The Morgan fingerprint density at radius 1 is 1.32 bits per heavy atom. The molecule has 0 atom stereocenters. The summed E-state index contributed by atoms with van der Waals surface area (Å²) in [6.45, 7) is 1.75. The summed E-state index contributed by atoms with van der Waals surface area (Å²) in [5.41, 5.74) is 1.07. The van der Waals surface area contributed by atoms with Crippen molar-refractivity contribution in [2.24, 2.45) is 0 Å². The van der Waals surface area contributed by atoms with Crippen LogP contribution in [0.3, 0.4) is 0 Å². The van der Waals surface area contributed by atoms with Gasteiger partial charge in [0.1, 0.15) is 5.69 Å². The number of carbonyl (C=O) groups is 1. The van der Waals surface area contributed by atoms with E-state index in [2.05, 4.69) is 19.6 Å². The largest absolute Gasteiger partial charge is 0.450 e. The molecule has 19 heavy (non-hydrogen) atoms. The molecule has 5 nitrogen and oxygen atoms in total. The number of aromatic nitrogens is 3. The lowest BCUT2D eigenvalue weighted by Crippen LogP contribution is -2.24. The summed E-state index contributed by atoms with van der Waals surface area (Å²) in [5, 5.41) is 3.49. The maximum atomic E-state index is 12.1. The summed E-state index contributed by atoms with van der Waals surface area (Å²) >= 11 is 0. The topological polar surface area (TPSA) is 68.9 Å². The van der Waals surface area contributed by atoms with E-state index in [1.54, 1.807) is 25.1 Å². The van der Waals surface area contributed by atoms with E-state index in [-0.39, 0.29) is 11.7 Å². The number of carbonyl (C=O) groups excluding carboxylic acids is 1. The number of pyridine rings is 1. The lowest BCUT2D eigenvalue weighted by molar-refractivity contribution is -0.170. The van der Waals surface area contributed by atoms with Crippen molar-refractivity contribution < 1.29 is 22.5 Å². The third-order valence-corrected chi connectivity index (χ3v) is 2.21. The molecular formula is C11H8F3N3O2. The van der Waals surface area contributed by atoms with E-state index in [1.807, 2.05) is 0 Å². The van der Waals surface area contributed by atoms with Crippen LogP contribution in [0.4, 0.5) is 13.2 Å². The minimum absolute atomic E-state index is 0.0497. The van der Waals surface area contributed by atoms with Crippen molar-refractivity contribution in [3.05, 3.63) is 29.8 Å². The van der Waals surface area contributed by atoms with Crippen LogP contribution in [0.25, 0.3) is 11.5 Å². The molecule has 2 aromatic rings. The Hall–Kier alpha value is -2.25. The number of halogens is 3. The second-order valence-electron chi connectivity index (χ2n) is 3.77. The Balaban J connectivity index is 2.18. The molecule has 2 heterocycles. The van der Waals surface area contributed by atoms with Gasteiger partial charge in [-0.25, -0.2) is 4.98 Å². The van der Waals surface area contributed by atoms with Gasteiger partial charge in [0, 0.05) is 5.69 Å². The molecule has 0 aliphatic heterocycles. The zero-order valence-corrected chi connectivity index (χ0v) is 9.73. The summed E-state index contributed by atoms with van der Waals surface area (Å²) in [5.74, 6) is -2.27. The third-order valence-electron chi connectivity index (χ3n) is 2.21. The van der Waals surface area contributed by atoms with Crippen LogP contribution in [0.5, 0.6) is 0 Å². The van der Waals surface area contributed by atoms with E-state index >= 15 is 0 Å². The van der Waals surface area contributed by atoms with E-state index in [0.717, 1.165) is 0 Å². The smallest absolute Gasteiger partial charge is 0.338 e. The standard InChI is InChI=1S/C11H8F3N3O2/c1-6-3-2-4-7(15-6)10-16-9(19-17-10)5-8(18)11(12,13)14/h2-4H,5H2,1H3. The first kappa shape index (κ1) is 13.2. The van der Waals surface area contributed by atoms with Gasteiger partial charge in [-0.1, -0.05) is 11.2 Å². The number of nitrogens with zero attached hydrogens (tertiary/aromatic N) is 3. The molecule has 0 aliphatic carbocycles. The number of rotatable bonds is 3. The van der Waals surface area contributed by atoms with Gasteiger partial charge in [0.25, 0.3) is 0 Å². The van der Waals surface area contributed by atoms with Gasteiger partial charge in [0.2, 0.25) is 17.5 Å². The molecule has 0 saturated carbocycles. The van der Waals surface area contributed by atoms with Crippen LogP contribution in [0, 0.1) is 6.92 Å². The maximum absolute atomic E-state index is 12.1. The van der Waals surface area contributed by atoms with Crippen molar-refractivity contribution in [1.82, 2.24) is 15.1 Å². The van der Waals surface area contributed by atoms with Crippen molar-refractivity contribution in [3.63, 3.8) is 0 Å². The van der Waals surface area contributed by atoms with Crippen molar-refractivity contribution in [1.29, 1.82) is 0 Å². The van der Waals surface area contributed by atoms with Crippen LogP contribution in [-0.2, 0) is 11.2 Å². The van der Waals surface area contributed by atoms with Gasteiger partial charge in [-0.3, -0.25) is 4.79 Å². The summed E-state index contributed by atoms with van der Waals surface area (Å²) in [6, 6.07) is 5.04. The second-order valence-corrected chi connectivity index (χ2v) is 3.77. The van der Waals surface area contributed by atoms with Crippen LogP contribution >= 0.6 is 0 Å². The summed E-state index contributed by atoms with van der Waals surface area (Å²) in [6.07, 6.45) is -5.88. The monoisotopic (exact) mass is 271 g/mol. The highest BCUT2D eigenvalue weighted by atomic mass is 19.4. The van der Waals surface area contributed by atoms with Crippen molar-refractivity contribution >= 4 is 5.78 Å². The molecule has 0 fully saturated rings. The fraction of sp³-hybridized carbons (Fsp3) is 0.273. The van der Waals surface area contributed by atoms with Crippen LogP contribution < -0.4 is 0 Å². The van der Waals surface area contributed by atoms with E-state index in [4.69, 9.17) is 0 Å². The number of hydrogen-bond acceptors (Lipinski definition) is 5. The summed E-state index contributed by atoms with van der Waals surface area (Å²) in [7, 11) is 0. The Kier molecular flexibility index (Phi) is 3.32. The SMILES string of the molecule is Cc1cccc(-c2noc(CC(=O)C(F)(F)F)n2)n1. The molecule has 0 unspecified atom stereocenters. The number of Topliss-reactive ketones (excluding diaryl/α,β-unsaturated/α-hetero) is 1. The third kappa shape index (κ3) is 3.15. The molecule has 100 valence electrons. The molecule has 0 radical (unpaired) electrons. The summed E-state index contributed by atoms with van der Waals surface area (Å²) < 4.78 is 40.8. The highest BCUT2D eigenvalue weighted by molar-refractivity contribution is 5.85. The molecule has 0 spiro atoms. The first-order valence-electron chi connectivity index (χ1n) is 5.23. The number of hydrogen-bond donors (Lipinski definition) is 0. The highest BCUT2D eigenvalue weighted by Crippen LogP contribution is 2.19. The lowest BCUT2D eigenvalue weighted by Gasteiger charge is -2.00. The Bertz CT molecular complexity index is 607. The van der Waals surface area contributed by atoms with Crippen molar-refractivity contribution in [2.75, 3.05) is 0 Å². The van der Waals surface area contributed by atoms with E-state index in [9.17, 15) is 18.0 Å². The predicted molar refractivity (Wildman–Crippen MR) is 57.0 cm³/mol. The number of alkyl halides is 3. The molecule has 0 bridgehead atoms. The average Bonchev–Trinajstić information content (AvgIpc) is 2.76. The Labute approximate surface area is 105 Å². The van der Waals surface area contributed by atoms with Crippen molar-refractivity contribution in [2.45, 2.75) is 19.5 Å². The van der Waals surface area contributed by atoms with Gasteiger partial charge in [-0.2, -0.15) is 18.2 Å².